The monoisotopic (exact) mass is 249 g/mol. The summed E-state index contributed by atoms with van der Waals surface area (Å²) in [6, 6.07) is 2.58. The summed E-state index contributed by atoms with van der Waals surface area (Å²) in [4.78, 5) is 13.5. The number of carbonyl (C=O) groups excluding carboxylic acids is 1. The first-order chi connectivity index (χ1) is 8.65. The molecule has 1 amide bonds. The molecule has 2 aliphatic rings. The lowest BCUT2D eigenvalue weighted by molar-refractivity contribution is -0.130. The lowest BCUT2D eigenvalue weighted by Gasteiger charge is -2.37. The third kappa shape index (κ3) is 1.88. The Kier molecular flexibility index (Phi) is 2.78. The van der Waals surface area contributed by atoms with Crippen molar-refractivity contribution in [1.82, 2.24) is 14.8 Å². The molecule has 5 nitrogen and oxygen atoms in total. The van der Waals surface area contributed by atoms with Gasteiger partial charge in [0.1, 0.15) is 6.61 Å². The Labute approximate surface area is 107 Å². The topological polar surface area (TPSA) is 46.5 Å². The molecule has 0 saturated carbocycles. The lowest BCUT2D eigenvalue weighted by atomic mass is 10.0. The largest absolute Gasteiger partial charge is 0.477 e. The summed E-state index contributed by atoms with van der Waals surface area (Å²) in [6.45, 7) is 6.92. The molecule has 1 aromatic heterocycles. The predicted octanol–water partition coefficient (Wildman–Crippen LogP) is 0.762. The Bertz CT molecular complexity index is 469. The third-order valence-corrected chi connectivity index (χ3v) is 3.72. The molecular formula is C13H19N3O2. The summed E-state index contributed by atoms with van der Waals surface area (Å²) in [6.07, 6.45) is 2.07. The molecule has 1 aromatic rings. The Morgan fingerprint density at radius 1 is 1.50 bits per heavy atom. The van der Waals surface area contributed by atoms with E-state index in [1.165, 1.54) is 5.56 Å². The van der Waals surface area contributed by atoms with Crippen molar-refractivity contribution < 1.29 is 9.53 Å². The zero-order valence-electron chi connectivity index (χ0n) is 10.8. The second kappa shape index (κ2) is 4.31. The molecule has 1 N–H and O–H groups in total. The van der Waals surface area contributed by atoms with Crippen LogP contribution in [-0.2, 0) is 11.3 Å². The summed E-state index contributed by atoms with van der Waals surface area (Å²) in [5.41, 5.74) is 1.17. The third-order valence-electron chi connectivity index (χ3n) is 3.72. The summed E-state index contributed by atoms with van der Waals surface area (Å²) in [7, 11) is 0. The number of fused-ring (bicyclic) bond motifs is 1. The van der Waals surface area contributed by atoms with E-state index in [-0.39, 0.29) is 11.9 Å². The predicted molar refractivity (Wildman–Crippen MR) is 67.5 cm³/mol. The minimum Gasteiger partial charge on any atom is -0.477 e. The van der Waals surface area contributed by atoms with Gasteiger partial charge < -0.3 is 19.5 Å². The Morgan fingerprint density at radius 2 is 2.33 bits per heavy atom. The van der Waals surface area contributed by atoms with Gasteiger partial charge in [-0.05, 0) is 13.0 Å². The highest BCUT2D eigenvalue weighted by atomic mass is 16.5. The van der Waals surface area contributed by atoms with Crippen LogP contribution in [0.15, 0.2) is 12.3 Å². The smallest absolute Gasteiger partial charge is 0.219 e. The summed E-state index contributed by atoms with van der Waals surface area (Å²) < 4.78 is 7.81. The molecule has 2 unspecified atom stereocenters. The van der Waals surface area contributed by atoms with E-state index in [1.54, 1.807) is 6.92 Å². The van der Waals surface area contributed by atoms with E-state index in [0.29, 0.717) is 6.04 Å². The first kappa shape index (κ1) is 11.6. The average molecular weight is 249 g/mol. The maximum absolute atomic E-state index is 11.6. The van der Waals surface area contributed by atoms with Gasteiger partial charge in [0.25, 0.3) is 0 Å². The van der Waals surface area contributed by atoms with Crippen molar-refractivity contribution in [1.29, 1.82) is 0 Å². The zero-order valence-corrected chi connectivity index (χ0v) is 10.8. The van der Waals surface area contributed by atoms with Crippen LogP contribution in [0.4, 0.5) is 0 Å². The second-order valence-electron chi connectivity index (χ2n) is 5.16. The van der Waals surface area contributed by atoms with Gasteiger partial charge in [-0.25, -0.2) is 0 Å². The number of rotatable bonds is 1. The van der Waals surface area contributed by atoms with E-state index in [4.69, 9.17) is 4.74 Å². The number of nitrogens with one attached hydrogen (secondary N) is 1. The van der Waals surface area contributed by atoms with Gasteiger partial charge in [0.2, 0.25) is 5.91 Å². The van der Waals surface area contributed by atoms with Gasteiger partial charge in [-0.2, -0.15) is 0 Å². The number of amides is 1. The first-order valence-electron chi connectivity index (χ1n) is 6.48. The first-order valence-corrected chi connectivity index (χ1v) is 6.48. The molecule has 0 bridgehead atoms. The zero-order chi connectivity index (χ0) is 12.7. The van der Waals surface area contributed by atoms with Gasteiger partial charge in [-0.1, -0.05) is 0 Å². The van der Waals surface area contributed by atoms with E-state index in [2.05, 4.69) is 29.1 Å². The van der Waals surface area contributed by atoms with Gasteiger partial charge in [-0.3, -0.25) is 4.79 Å². The minimum atomic E-state index is 0.144. The van der Waals surface area contributed by atoms with Crippen molar-refractivity contribution >= 4 is 5.91 Å². The molecule has 0 radical (unpaired) electrons. The fourth-order valence-corrected chi connectivity index (χ4v) is 2.84. The highest BCUT2D eigenvalue weighted by Gasteiger charge is 2.30. The second-order valence-corrected chi connectivity index (χ2v) is 5.16. The van der Waals surface area contributed by atoms with Crippen LogP contribution in [0.25, 0.3) is 0 Å². The number of carbonyl (C=O) groups is 1. The average Bonchev–Trinajstić information content (AvgIpc) is 2.89. The molecule has 1 fully saturated rings. The number of ether oxygens (including phenoxy) is 1. The van der Waals surface area contributed by atoms with Gasteiger partial charge in [-0.15, -0.1) is 0 Å². The van der Waals surface area contributed by atoms with Crippen LogP contribution in [0.1, 0.15) is 25.5 Å². The van der Waals surface area contributed by atoms with Gasteiger partial charge in [0, 0.05) is 37.8 Å². The van der Waals surface area contributed by atoms with E-state index in [1.807, 2.05) is 4.90 Å². The molecule has 18 heavy (non-hydrogen) atoms. The van der Waals surface area contributed by atoms with Gasteiger partial charge in [0.05, 0.1) is 12.6 Å². The van der Waals surface area contributed by atoms with E-state index >= 15 is 0 Å². The van der Waals surface area contributed by atoms with Crippen molar-refractivity contribution in [2.45, 2.75) is 32.5 Å². The molecule has 0 aliphatic carbocycles. The maximum Gasteiger partial charge on any atom is 0.219 e. The summed E-state index contributed by atoms with van der Waals surface area (Å²) >= 11 is 0. The Balaban J connectivity index is 1.84. The SMILES string of the molecule is CC(=O)N1CC(C)NC(c2ccn3c2OCC3)C1. The van der Waals surface area contributed by atoms with Crippen molar-refractivity contribution in [3.8, 4) is 5.88 Å². The molecule has 2 aliphatic heterocycles. The molecular weight excluding hydrogens is 230 g/mol. The van der Waals surface area contributed by atoms with E-state index < -0.39 is 0 Å². The molecule has 5 heteroatoms. The van der Waals surface area contributed by atoms with Crippen LogP contribution in [0.3, 0.4) is 0 Å². The van der Waals surface area contributed by atoms with E-state index in [9.17, 15) is 4.79 Å². The maximum atomic E-state index is 11.6. The highest BCUT2D eigenvalue weighted by molar-refractivity contribution is 5.73. The minimum absolute atomic E-state index is 0.144. The molecule has 3 rings (SSSR count). The highest BCUT2D eigenvalue weighted by Crippen LogP contribution is 2.32. The molecule has 0 spiro atoms. The summed E-state index contributed by atoms with van der Waals surface area (Å²) in [5, 5.41) is 3.55. The van der Waals surface area contributed by atoms with Gasteiger partial charge in [0.15, 0.2) is 5.88 Å². The Morgan fingerprint density at radius 3 is 3.11 bits per heavy atom. The van der Waals surface area contributed by atoms with Crippen LogP contribution >= 0.6 is 0 Å². The number of hydrogen-bond acceptors (Lipinski definition) is 3. The molecule has 2 atom stereocenters. The van der Waals surface area contributed by atoms with Crippen LogP contribution in [0.5, 0.6) is 5.88 Å². The Hall–Kier alpha value is -1.49. The number of piperazine rings is 1. The normalized spacial score (nSPS) is 26.9. The van der Waals surface area contributed by atoms with Crippen LogP contribution in [0, 0.1) is 0 Å². The van der Waals surface area contributed by atoms with Gasteiger partial charge >= 0.3 is 0 Å². The van der Waals surface area contributed by atoms with E-state index in [0.717, 1.165) is 32.1 Å². The van der Waals surface area contributed by atoms with Crippen molar-refractivity contribution in [3.63, 3.8) is 0 Å². The molecule has 98 valence electrons. The number of hydrogen-bond donors (Lipinski definition) is 1. The van der Waals surface area contributed by atoms with Crippen LogP contribution in [0.2, 0.25) is 0 Å². The number of nitrogens with zero attached hydrogens (tertiary/aromatic N) is 2. The fraction of sp³-hybridized carbons (Fsp3) is 0.615. The molecule has 3 heterocycles. The fourth-order valence-electron chi connectivity index (χ4n) is 2.84. The quantitative estimate of drug-likeness (QED) is 0.799. The van der Waals surface area contributed by atoms with Crippen LogP contribution < -0.4 is 10.1 Å². The van der Waals surface area contributed by atoms with Crippen molar-refractivity contribution in [3.05, 3.63) is 17.8 Å². The lowest BCUT2D eigenvalue weighted by Crippen LogP contribution is -2.52. The van der Waals surface area contributed by atoms with Crippen LogP contribution in [-0.4, -0.2) is 41.1 Å². The molecule has 0 aromatic carbocycles. The standard InChI is InChI=1S/C13H19N3O2/c1-9-7-16(10(2)17)8-12(14-9)11-3-4-15-5-6-18-13(11)15/h3-4,9,12,14H,5-8H2,1-2H3. The number of aromatic nitrogens is 1. The summed E-state index contributed by atoms with van der Waals surface area (Å²) in [5.74, 6) is 1.11. The molecule has 1 saturated heterocycles. The van der Waals surface area contributed by atoms with Crippen molar-refractivity contribution in [2.75, 3.05) is 19.7 Å². The van der Waals surface area contributed by atoms with Crippen molar-refractivity contribution in [2.24, 2.45) is 0 Å².